The molecule has 0 aliphatic carbocycles. The number of hydrogen-bond donors (Lipinski definition) is 2. The van der Waals surface area contributed by atoms with Crippen LogP contribution in [0, 0.1) is 0 Å². The number of aromatic nitrogens is 3. The first kappa shape index (κ1) is 15.0. The van der Waals surface area contributed by atoms with E-state index in [1.165, 1.54) is 0 Å². The molecule has 7 heteroatoms. The van der Waals surface area contributed by atoms with E-state index in [0.717, 1.165) is 5.56 Å². The standard InChI is InChI=1S/C14H19N5O2/c1-11(10-21-2)19-8-5-13(18-19)17-14(20)16-9-12-3-6-15-7-4-12/h3-8,11H,9-10H2,1-2H3,(H2,16,17,18,20). The first-order valence-electron chi connectivity index (χ1n) is 6.67. The summed E-state index contributed by atoms with van der Waals surface area (Å²) < 4.78 is 6.82. The number of anilines is 1. The molecule has 2 aromatic heterocycles. The molecule has 21 heavy (non-hydrogen) atoms. The van der Waals surface area contributed by atoms with Crippen molar-refractivity contribution in [1.82, 2.24) is 20.1 Å². The lowest BCUT2D eigenvalue weighted by molar-refractivity contribution is 0.157. The molecule has 7 nitrogen and oxygen atoms in total. The highest BCUT2D eigenvalue weighted by atomic mass is 16.5. The van der Waals surface area contributed by atoms with Crippen LogP contribution in [0.3, 0.4) is 0 Å². The number of methoxy groups -OCH3 is 1. The summed E-state index contributed by atoms with van der Waals surface area (Å²) in [7, 11) is 1.64. The third kappa shape index (κ3) is 4.57. The fourth-order valence-corrected chi connectivity index (χ4v) is 1.81. The minimum absolute atomic E-state index is 0.116. The van der Waals surface area contributed by atoms with Gasteiger partial charge in [0.2, 0.25) is 0 Å². The predicted molar refractivity (Wildman–Crippen MR) is 78.9 cm³/mol. The van der Waals surface area contributed by atoms with Crippen LogP contribution in [-0.4, -0.2) is 34.5 Å². The molecule has 0 radical (unpaired) electrons. The van der Waals surface area contributed by atoms with Crippen molar-refractivity contribution in [2.24, 2.45) is 0 Å². The first-order chi connectivity index (χ1) is 10.2. The summed E-state index contributed by atoms with van der Waals surface area (Å²) >= 11 is 0. The third-order valence-corrected chi connectivity index (χ3v) is 2.91. The van der Waals surface area contributed by atoms with E-state index in [9.17, 15) is 4.79 Å². The molecular weight excluding hydrogens is 270 g/mol. The van der Waals surface area contributed by atoms with Gasteiger partial charge in [0.1, 0.15) is 0 Å². The van der Waals surface area contributed by atoms with Gasteiger partial charge in [0, 0.05) is 38.3 Å². The fourth-order valence-electron chi connectivity index (χ4n) is 1.81. The van der Waals surface area contributed by atoms with E-state index < -0.39 is 0 Å². The zero-order valence-corrected chi connectivity index (χ0v) is 12.1. The topological polar surface area (TPSA) is 81.1 Å². The monoisotopic (exact) mass is 289 g/mol. The summed E-state index contributed by atoms with van der Waals surface area (Å²) in [5.74, 6) is 0.505. The summed E-state index contributed by atoms with van der Waals surface area (Å²) in [6.07, 6.45) is 5.18. The molecule has 2 amide bonds. The van der Waals surface area contributed by atoms with Crippen LogP contribution in [0.4, 0.5) is 10.6 Å². The second kappa shape index (κ2) is 7.39. The van der Waals surface area contributed by atoms with Gasteiger partial charge in [-0.2, -0.15) is 5.10 Å². The summed E-state index contributed by atoms with van der Waals surface area (Å²) in [4.78, 5) is 15.7. The zero-order valence-electron chi connectivity index (χ0n) is 12.1. The van der Waals surface area contributed by atoms with Gasteiger partial charge in [-0.15, -0.1) is 0 Å². The van der Waals surface area contributed by atoms with Crippen molar-refractivity contribution in [3.05, 3.63) is 42.4 Å². The van der Waals surface area contributed by atoms with Crippen molar-refractivity contribution in [3.63, 3.8) is 0 Å². The van der Waals surface area contributed by atoms with Gasteiger partial charge in [-0.1, -0.05) is 0 Å². The fraction of sp³-hybridized carbons (Fsp3) is 0.357. The van der Waals surface area contributed by atoms with Crippen molar-refractivity contribution in [3.8, 4) is 0 Å². The van der Waals surface area contributed by atoms with Gasteiger partial charge in [-0.05, 0) is 24.6 Å². The molecule has 112 valence electrons. The van der Waals surface area contributed by atoms with Gasteiger partial charge >= 0.3 is 6.03 Å². The maximum Gasteiger partial charge on any atom is 0.320 e. The lowest BCUT2D eigenvalue weighted by atomic mass is 10.3. The average molecular weight is 289 g/mol. The summed E-state index contributed by atoms with van der Waals surface area (Å²) in [6, 6.07) is 5.27. The molecular formula is C14H19N5O2. The number of carbonyl (C=O) groups is 1. The third-order valence-electron chi connectivity index (χ3n) is 2.91. The highest BCUT2D eigenvalue weighted by Crippen LogP contribution is 2.09. The molecule has 0 saturated heterocycles. The number of rotatable bonds is 6. The molecule has 0 saturated carbocycles. The van der Waals surface area contributed by atoms with Crippen LogP contribution in [0.1, 0.15) is 18.5 Å². The molecule has 2 rings (SSSR count). The number of carbonyl (C=O) groups excluding carboxylic acids is 1. The quantitative estimate of drug-likeness (QED) is 0.849. The van der Waals surface area contributed by atoms with Crippen LogP contribution in [0.25, 0.3) is 0 Å². The lowest BCUT2D eigenvalue weighted by Crippen LogP contribution is -2.28. The molecule has 0 spiro atoms. The number of pyridine rings is 1. The molecule has 0 aromatic carbocycles. The normalized spacial score (nSPS) is 11.9. The Morgan fingerprint density at radius 2 is 2.14 bits per heavy atom. The summed E-state index contributed by atoms with van der Waals surface area (Å²) in [5.41, 5.74) is 0.986. The van der Waals surface area contributed by atoms with E-state index in [-0.39, 0.29) is 12.1 Å². The van der Waals surface area contributed by atoms with Gasteiger partial charge < -0.3 is 10.1 Å². The van der Waals surface area contributed by atoms with E-state index >= 15 is 0 Å². The lowest BCUT2D eigenvalue weighted by Gasteiger charge is -2.10. The Balaban J connectivity index is 1.83. The van der Waals surface area contributed by atoms with Crippen LogP contribution in [0.2, 0.25) is 0 Å². The van der Waals surface area contributed by atoms with Crippen LogP contribution >= 0.6 is 0 Å². The zero-order chi connectivity index (χ0) is 15.1. The van der Waals surface area contributed by atoms with Gasteiger partial charge in [-0.3, -0.25) is 15.0 Å². The Bertz CT molecular complexity index is 570. The molecule has 2 aromatic rings. The Morgan fingerprint density at radius 1 is 1.38 bits per heavy atom. The number of amides is 2. The Labute approximate surface area is 123 Å². The largest absolute Gasteiger partial charge is 0.382 e. The highest BCUT2D eigenvalue weighted by molar-refractivity contribution is 5.88. The van der Waals surface area contributed by atoms with Crippen molar-refractivity contribution in [2.45, 2.75) is 19.5 Å². The van der Waals surface area contributed by atoms with Crippen molar-refractivity contribution < 1.29 is 9.53 Å². The maximum absolute atomic E-state index is 11.8. The minimum atomic E-state index is -0.295. The van der Waals surface area contributed by atoms with E-state index in [0.29, 0.717) is 19.0 Å². The van der Waals surface area contributed by atoms with E-state index in [4.69, 9.17) is 4.74 Å². The van der Waals surface area contributed by atoms with E-state index in [2.05, 4.69) is 20.7 Å². The first-order valence-corrected chi connectivity index (χ1v) is 6.67. The van der Waals surface area contributed by atoms with Crippen molar-refractivity contribution >= 4 is 11.8 Å². The minimum Gasteiger partial charge on any atom is -0.382 e. The molecule has 2 heterocycles. The Morgan fingerprint density at radius 3 is 2.86 bits per heavy atom. The summed E-state index contributed by atoms with van der Waals surface area (Å²) in [6.45, 7) is 2.99. The second-order valence-electron chi connectivity index (χ2n) is 4.65. The smallest absolute Gasteiger partial charge is 0.320 e. The molecule has 2 N–H and O–H groups in total. The Kier molecular flexibility index (Phi) is 5.28. The van der Waals surface area contributed by atoms with E-state index in [1.807, 2.05) is 25.3 Å². The number of nitrogens with one attached hydrogen (secondary N) is 2. The molecule has 0 fully saturated rings. The van der Waals surface area contributed by atoms with Gasteiger partial charge in [-0.25, -0.2) is 4.79 Å². The second-order valence-corrected chi connectivity index (χ2v) is 4.65. The van der Waals surface area contributed by atoms with Crippen LogP contribution in [0.5, 0.6) is 0 Å². The molecule has 1 atom stereocenters. The SMILES string of the molecule is COCC(C)n1ccc(NC(=O)NCc2ccncc2)n1. The molecule has 1 unspecified atom stereocenters. The number of hydrogen-bond acceptors (Lipinski definition) is 4. The molecule has 0 bridgehead atoms. The predicted octanol–water partition coefficient (Wildman–Crippen LogP) is 1.81. The van der Waals surface area contributed by atoms with Gasteiger partial charge in [0.05, 0.1) is 12.6 Å². The van der Waals surface area contributed by atoms with Gasteiger partial charge in [0.15, 0.2) is 5.82 Å². The summed E-state index contributed by atoms with van der Waals surface area (Å²) in [5, 5.41) is 9.73. The molecule has 0 aliphatic rings. The van der Waals surface area contributed by atoms with Gasteiger partial charge in [0.25, 0.3) is 0 Å². The van der Waals surface area contributed by atoms with Crippen molar-refractivity contribution in [1.29, 1.82) is 0 Å². The van der Waals surface area contributed by atoms with Crippen LogP contribution in [-0.2, 0) is 11.3 Å². The highest BCUT2D eigenvalue weighted by Gasteiger charge is 2.08. The number of ether oxygens (including phenoxy) is 1. The van der Waals surface area contributed by atoms with Crippen LogP contribution in [0.15, 0.2) is 36.8 Å². The Hall–Kier alpha value is -2.41. The number of nitrogens with zero attached hydrogens (tertiary/aromatic N) is 3. The average Bonchev–Trinajstić information content (AvgIpc) is 2.95. The van der Waals surface area contributed by atoms with Crippen molar-refractivity contribution in [2.75, 3.05) is 19.0 Å². The molecule has 0 aliphatic heterocycles. The maximum atomic E-state index is 11.8. The van der Waals surface area contributed by atoms with Crippen LogP contribution < -0.4 is 10.6 Å². The number of urea groups is 1. The van der Waals surface area contributed by atoms with E-state index in [1.54, 1.807) is 30.3 Å².